The van der Waals surface area contributed by atoms with Crippen molar-refractivity contribution in [1.29, 1.82) is 0 Å². The van der Waals surface area contributed by atoms with Crippen LogP contribution < -0.4 is 4.74 Å². The summed E-state index contributed by atoms with van der Waals surface area (Å²) in [4.78, 5) is 11.0. The molecule has 120 valence electrons. The van der Waals surface area contributed by atoms with E-state index in [4.69, 9.17) is 14.9 Å². The van der Waals surface area contributed by atoms with Gasteiger partial charge < -0.3 is 9.84 Å². The first-order valence-electron chi connectivity index (χ1n) is 7.76. The van der Waals surface area contributed by atoms with Gasteiger partial charge in [-0.3, -0.25) is 0 Å². The van der Waals surface area contributed by atoms with Gasteiger partial charge in [0.1, 0.15) is 5.75 Å². The molecular weight excluding hydrogens is 304 g/mol. The highest BCUT2D eigenvalue weighted by Crippen LogP contribution is 2.37. The summed E-state index contributed by atoms with van der Waals surface area (Å²) in [5.41, 5.74) is 5.58. The van der Waals surface area contributed by atoms with E-state index in [1.165, 1.54) is 11.1 Å². The third-order valence-corrected chi connectivity index (χ3v) is 4.42. The van der Waals surface area contributed by atoms with E-state index in [-0.39, 0.29) is 5.56 Å². The molecule has 1 N–H and O–H groups in total. The number of hydrogen-bond donors (Lipinski definition) is 1. The van der Waals surface area contributed by atoms with Crippen molar-refractivity contribution in [3.05, 3.63) is 65.4 Å². The summed E-state index contributed by atoms with van der Waals surface area (Å²) < 4.78 is 7.27. The Balaban J connectivity index is 1.77. The predicted molar refractivity (Wildman–Crippen MR) is 89.9 cm³/mol. The quantitative estimate of drug-likeness (QED) is 0.804. The average molecular weight is 320 g/mol. The van der Waals surface area contributed by atoms with E-state index in [1.54, 1.807) is 31.4 Å². The molecule has 0 radical (unpaired) electrons. The Bertz CT molecular complexity index is 926. The van der Waals surface area contributed by atoms with Gasteiger partial charge in [0, 0.05) is 17.3 Å². The standard InChI is InChI=1S/C19H16N2O3/c1-24-17-4-2-3-16-15(17)10-7-13-11-21(20-18(13)16)14-8-5-12(6-9-14)19(22)23/h2-6,8-9,11H,7,10H2,1H3,(H,22,23). The number of fused-ring (bicyclic) bond motifs is 3. The van der Waals surface area contributed by atoms with Gasteiger partial charge in [0.2, 0.25) is 0 Å². The van der Waals surface area contributed by atoms with E-state index in [1.807, 2.05) is 23.0 Å². The second-order valence-electron chi connectivity index (χ2n) is 5.79. The van der Waals surface area contributed by atoms with Crippen molar-refractivity contribution in [3.63, 3.8) is 0 Å². The first-order chi connectivity index (χ1) is 11.7. The molecular formula is C19H16N2O3. The van der Waals surface area contributed by atoms with Crippen LogP contribution in [-0.2, 0) is 12.8 Å². The Hall–Kier alpha value is -3.08. The Kier molecular flexibility index (Phi) is 3.34. The number of hydrogen-bond acceptors (Lipinski definition) is 3. The first kappa shape index (κ1) is 14.5. The van der Waals surface area contributed by atoms with Gasteiger partial charge in [-0.15, -0.1) is 0 Å². The zero-order chi connectivity index (χ0) is 16.7. The second kappa shape index (κ2) is 5.53. The van der Waals surface area contributed by atoms with Gasteiger partial charge in [0.05, 0.1) is 24.1 Å². The van der Waals surface area contributed by atoms with Gasteiger partial charge in [0.15, 0.2) is 0 Å². The van der Waals surface area contributed by atoms with Crippen LogP contribution in [0, 0.1) is 0 Å². The molecule has 4 rings (SSSR count). The molecule has 5 nitrogen and oxygen atoms in total. The summed E-state index contributed by atoms with van der Waals surface area (Å²) in [6.07, 6.45) is 3.86. The molecule has 1 aromatic heterocycles. The molecule has 0 atom stereocenters. The predicted octanol–water partition coefficient (Wildman–Crippen LogP) is 3.34. The van der Waals surface area contributed by atoms with Crippen LogP contribution in [0.3, 0.4) is 0 Å². The topological polar surface area (TPSA) is 64.3 Å². The molecule has 0 unspecified atom stereocenters. The van der Waals surface area contributed by atoms with Crippen molar-refractivity contribution in [1.82, 2.24) is 9.78 Å². The Morgan fingerprint density at radius 1 is 1.17 bits per heavy atom. The maximum Gasteiger partial charge on any atom is 0.335 e. The van der Waals surface area contributed by atoms with Crippen LogP contribution in [0.1, 0.15) is 21.5 Å². The van der Waals surface area contributed by atoms with E-state index >= 15 is 0 Å². The number of carboxylic acids is 1. The fourth-order valence-corrected chi connectivity index (χ4v) is 3.20. The third kappa shape index (κ3) is 2.25. The van der Waals surface area contributed by atoms with Crippen LogP contribution in [0.5, 0.6) is 5.75 Å². The van der Waals surface area contributed by atoms with Crippen LogP contribution in [-0.4, -0.2) is 28.0 Å². The van der Waals surface area contributed by atoms with Crippen LogP contribution in [0.4, 0.5) is 0 Å². The van der Waals surface area contributed by atoms with Crippen molar-refractivity contribution in [2.75, 3.05) is 7.11 Å². The maximum absolute atomic E-state index is 11.0. The number of nitrogens with zero attached hydrogens (tertiary/aromatic N) is 2. The Labute approximate surface area is 139 Å². The lowest BCUT2D eigenvalue weighted by Gasteiger charge is -2.17. The van der Waals surface area contributed by atoms with Crippen molar-refractivity contribution in [3.8, 4) is 22.7 Å². The molecule has 0 fully saturated rings. The van der Waals surface area contributed by atoms with Gasteiger partial charge in [0.25, 0.3) is 0 Å². The van der Waals surface area contributed by atoms with Crippen LogP contribution in [0.15, 0.2) is 48.7 Å². The van der Waals surface area contributed by atoms with E-state index in [9.17, 15) is 4.79 Å². The SMILES string of the molecule is COc1cccc2c1CCc1cn(-c3ccc(C(=O)O)cc3)nc1-2. The molecule has 5 heteroatoms. The fourth-order valence-electron chi connectivity index (χ4n) is 3.20. The lowest BCUT2D eigenvalue weighted by atomic mass is 9.90. The zero-order valence-corrected chi connectivity index (χ0v) is 13.2. The molecule has 1 aliphatic carbocycles. The van der Waals surface area contributed by atoms with Gasteiger partial charge in [-0.25, -0.2) is 9.48 Å². The Morgan fingerprint density at radius 3 is 2.67 bits per heavy atom. The molecule has 0 aliphatic heterocycles. The number of methoxy groups -OCH3 is 1. The molecule has 24 heavy (non-hydrogen) atoms. The van der Waals surface area contributed by atoms with E-state index < -0.39 is 5.97 Å². The normalized spacial score (nSPS) is 12.4. The smallest absolute Gasteiger partial charge is 0.335 e. The minimum Gasteiger partial charge on any atom is -0.496 e. The van der Waals surface area contributed by atoms with Crippen LogP contribution >= 0.6 is 0 Å². The van der Waals surface area contributed by atoms with E-state index in [2.05, 4.69) is 6.07 Å². The minimum atomic E-state index is -0.928. The zero-order valence-electron chi connectivity index (χ0n) is 13.2. The number of rotatable bonds is 3. The largest absolute Gasteiger partial charge is 0.496 e. The lowest BCUT2D eigenvalue weighted by Crippen LogP contribution is -2.04. The highest BCUT2D eigenvalue weighted by atomic mass is 16.5. The molecule has 0 spiro atoms. The number of carboxylic acid groups (broad SMARTS) is 1. The number of benzene rings is 2. The molecule has 0 saturated heterocycles. The summed E-state index contributed by atoms with van der Waals surface area (Å²) in [5, 5.41) is 13.7. The van der Waals surface area contributed by atoms with Crippen LogP contribution in [0.25, 0.3) is 16.9 Å². The molecule has 1 aliphatic rings. The number of aryl methyl sites for hydroxylation is 1. The molecule has 3 aromatic rings. The summed E-state index contributed by atoms with van der Waals surface area (Å²) in [7, 11) is 1.69. The number of aromatic nitrogens is 2. The molecule has 2 aromatic carbocycles. The van der Waals surface area contributed by atoms with E-state index in [0.29, 0.717) is 0 Å². The highest BCUT2D eigenvalue weighted by Gasteiger charge is 2.22. The molecule has 0 saturated carbocycles. The van der Waals surface area contributed by atoms with Crippen LogP contribution in [0.2, 0.25) is 0 Å². The molecule has 0 amide bonds. The fraction of sp³-hybridized carbons (Fsp3) is 0.158. The summed E-state index contributed by atoms with van der Waals surface area (Å²) in [6, 6.07) is 12.8. The second-order valence-corrected chi connectivity index (χ2v) is 5.79. The van der Waals surface area contributed by atoms with Gasteiger partial charge >= 0.3 is 5.97 Å². The monoisotopic (exact) mass is 320 g/mol. The van der Waals surface area contributed by atoms with Crippen molar-refractivity contribution < 1.29 is 14.6 Å². The van der Waals surface area contributed by atoms with Gasteiger partial charge in [-0.1, -0.05) is 12.1 Å². The number of aromatic carboxylic acids is 1. The molecule has 1 heterocycles. The number of ether oxygens (including phenoxy) is 1. The Morgan fingerprint density at radius 2 is 1.96 bits per heavy atom. The third-order valence-electron chi connectivity index (χ3n) is 4.42. The summed E-state index contributed by atoms with van der Waals surface area (Å²) in [5.74, 6) is -0.0270. The van der Waals surface area contributed by atoms with E-state index in [0.717, 1.165) is 35.5 Å². The van der Waals surface area contributed by atoms with Crippen molar-refractivity contribution in [2.45, 2.75) is 12.8 Å². The van der Waals surface area contributed by atoms with Gasteiger partial charge in [-0.2, -0.15) is 5.10 Å². The highest BCUT2D eigenvalue weighted by molar-refractivity contribution is 5.87. The average Bonchev–Trinajstić information content (AvgIpc) is 3.06. The van der Waals surface area contributed by atoms with Gasteiger partial charge in [-0.05, 0) is 48.7 Å². The van der Waals surface area contributed by atoms with Crippen molar-refractivity contribution in [2.24, 2.45) is 0 Å². The summed E-state index contributed by atoms with van der Waals surface area (Å²) in [6.45, 7) is 0. The number of carbonyl (C=O) groups is 1. The first-order valence-corrected chi connectivity index (χ1v) is 7.76. The minimum absolute atomic E-state index is 0.269. The lowest BCUT2D eigenvalue weighted by molar-refractivity contribution is 0.0697. The summed E-state index contributed by atoms with van der Waals surface area (Å²) >= 11 is 0. The molecule has 0 bridgehead atoms. The maximum atomic E-state index is 11.0. The van der Waals surface area contributed by atoms with Crippen molar-refractivity contribution >= 4 is 5.97 Å².